The molecule has 0 saturated heterocycles. The summed E-state index contributed by atoms with van der Waals surface area (Å²) in [7, 11) is 1.44. The Hall–Kier alpha value is -3.87. The molecule has 0 bridgehead atoms. The monoisotopic (exact) mass is 406 g/mol. The Morgan fingerprint density at radius 1 is 1.00 bits per heavy atom. The Kier molecular flexibility index (Phi) is 6.32. The smallest absolute Gasteiger partial charge is 0.342 e. The second-order valence-corrected chi connectivity index (χ2v) is 6.92. The Bertz CT molecular complexity index is 1090. The molecule has 0 heterocycles. The number of anilines is 1. The van der Waals surface area contributed by atoms with Crippen LogP contribution in [0.25, 0.3) is 10.8 Å². The molecule has 0 aliphatic carbocycles. The van der Waals surface area contributed by atoms with Gasteiger partial charge in [0.25, 0.3) is 5.91 Å². The first-order chi connectivity index (χ1) is 14.3. The number of benzene rings is 3. The van der Waals surface area contributed by atoms with Crippen LogP contribution in [0.3, 0.4) is 0 Å². The van der Waals surface area contributed by atoms with Crippen LogP contribution in [0.15, 0.2) is 60.7 Å². The van der Waals surface area contributed by atoms with Crippen molar-refractivity contribution in [2.24, 2.45) is 0 Å². The fourth-order valence-electron chi connectivity index (χ4n) is 2.88. The van der Waals surface area contributed by atoms with Crippen LogP contribution >= 0.6 is 0 Å². The lowest BCUT2D eigenvalue weighted by molar-refractivity contribution is -0.136. The van der Waals surface area contributed by atoms with Crippen LogP contribution in [-0.2, 0) is 14.3 Å². The normalized spacial score (nSPS) is 10.5. The number of fused-ring (bicyclic) bond motifs is 1. The van der Waals surface area contributed by atoms with E-state index in [1.54, 1.807) is 30.3 Å². The van der Waals surface area contributed by atoms with Crippen molar-refractivity contribution in [3.05, 3.63) is 71.8 Å². The third kappa shape index (κ3) is 4.94. The lowest BCUT2D eigenvalue weighted by Gasteiger charge is -2.17. The molecule has 3 rings (SSSR count). The standard InChI is InChI=1S/C23H22N2O5/c1-15-7-10-17(11-8-15)24-20(26)13-25(2)21(27)14-30-23(29)19-12-9-16-5-3-4-6-18(16)22(19)28/h3-12,28H,13-14H2,1-2H3,(H,24,26). The summed E-state index contributed by atoms with van der Waals surface area (Å²) in [6.45, 7) is 1.21. The number of nitrogens with zero attached hydrogens (tertiary/aromatic N) is 1. The molecule has 0 saturated carbocycles. The van der Waals surface area contributed by atoms with Crippen molar-refractivity contribution in [1.29, 1.82) is 0 Å². The maximum absolute atomic E-state index is 12.3. The van der Waals surface area contributed by atoms with Crippen LogP contribution in [0.5, 0.6) is 5.75 Å². The van der Waals surface area contributed by atoms with Gasteiger partial charge in [-0.05, 0) is 30.5 Å². The maximum atomic E-state index is 12.3. The second kappa shape index (κ2) is 9.09. The van der Waals surface area contributed by atoms with Gasteiger partial charge < -0.3 is 20.1 Å². The van der Waals surface area contributed by atoms with Crippen LogP contribution in [0.2, 0.25) is 0 Å². The number of aromatic hydroxyl groups is 1. The number of phenolic OH excluding ortho intramolecular Hbond substituents is 1. The fourth-order valence-corrected chi connectivity index (χ4v) is 2.88. The highest BCUT2D eigenvalue weighted by Crippen LogP contribution is 2.28. The molecule has 3 aromatic carbocycles. The second-order valence-electron chi connectivity index (χ2n) is 6.92. The summed E-state index contributed by atoms with van der Waals surface area (Å²) in [5, 5.41) is 14.3. The zero-order valence-corrected chi connectivity index (χ0v) is 16.7. The van der Waals surface area contributed by atoms with Gasteiger partial charge in [-0.1, -0.05) is 48.0 Å². The van der Waals surface area contributed by atoms with Crippen LogP contribution < -0.4 is 5.32 Å². The third-order valence-corrected chi connectivity index (χ3v) is 4.59. The van der Waals surface area contributed by atoms with Crippen LogP contribution in [-0.4, -0.2) is 48.0 Å². The Morgan fingerprint density at radius 2 is 1.70 bits per heavy atom. The highest BCUT2D eigenvalue weighted by Gasteiger charge is 2.19. The molecule has 0 aliphatic rings. The minimum Gasteiger partial charge on any atom is -0.506 e. The number of aryl methyl sites for hydroxylation is 1. The molecule has 154 valence electrons. The van der Waals surface area contributed by atoms with Crippen molar-refractivity contribution in [3.63, 3.8) is 0 Å². The fraction of sp³-hybridized carbons (Fsp3) is 0.174. The topological polar surface area (TPSA) is 95.9 Å². The van der Waals surface area contributed by atoms with Crippen molar-refractivity contribution in [3.8, 4) is 5.75 Å². The quantitative estimate of drug-likeness (QED) is 0.613. The average molecular weight is 406 g/mol. The number of phenols is 1. The largest absolute Gasteiger partial charge is 0.506 e. The first-order valence-corrected chi connectivity index (χ1v) is 9.33. The number of esters is 1. The number of carbonyl (C=O) groups excluding carboxylic acids is 3. The number of nitrogens with one attached hydrogen (secondary N) is 1. The molecule has 0 fully saturated rings. The van der Waals surface area contributed by atoms with E-state index in [9.17, 15) is 19.5 Å². The molecular weight excluding hydrogens is 384 g/mol. The van der Waals surface area contributed by atoms with Gasteiger partial charge in [0.1, 0.15) is 11.3 Å². The van der Waals surface area contributed by atoms with Crippen molar-refractivity contribution in [1.82, 2.24) is 4.90 Å². The van der Waals surface area contributed by atoms with Crippen molar-refractivity contribution in [2.45, 2.75) is 6.92 Å². The summed E-state index contributed by atoms with van der Waals surface area (Å²) in [5.41, 5.74) is 1.67. The van der Waals surface area contributed by atoms with Gasteiger partial charge in [0.2, 0.25) is 5.91 Å². The number of rotatable bonds is 6. The van der Waals surface area contributed by atoms with Crippen LogP contribution in [0, 0.1) is 6.92 Å². The average Bonchev–Trinajstić information content (AvgIpc) is 2.73. The van der Waals surface area contributed by atoms with Gasteiger partial charge in [0.05, 0.1) is 6.54 Å². The molecule has 7 heteroatoms. The lowest BCUT2D eigenvalue weighted by Crippen LogP contribution is -2.37. The van der Waals surface area contributed by atoms with Gasteiger partial charge in [-0.25, -0.2) is 4.79 Å². The van der Waals surface area contributed by atoms with E-state index in [-0.39, 0.29) is 23.8 Å². The van der Waals surface area contributed by atoms with Crippen molar-refractivity contribution >= 4 is 34.2 Å². The lowest BCUT2D eigenvalue weighted by atomic mass is 10.1. The highest BCUT2D eigenvalue weighted by molar-refractivity contribution is 6.01. The summed E-state index contributed by atoms with van der Waals surface area (Å²) >= 11 is 0. The zero-order chi connectivity index (χ0) is 21.7. The third-order valence-electron chi connectivity index (χ3n) is 4.59. The molecule has 0 aliphatic heterocycles. The number of carbonyl (C=O) groups is 3. The van der Waals surface area contributed by atoms with Gasteiger partial charge >= 0.3 is 5.97 Å². The summed E-state index contributed by atoms with van der Waals surface area (Å²) in [6.07, 6.45) is 0. The summed E-state index contributed by atoms with van der Waals surface area (Å²) in [4.78, 5) is 37.8. The minimum absolute atomic E-state index is 0.0266. The van der Waals surface area contributed by atoms with E-state index in [1.807, 2.05) is 31.2 Å². The molecule has 2 amide bonds. The number of amides is 2. The molecule has 30 heavy (non-hydrogen) atoms. The molecular formula is C23H22N2O5. The first-order valence-electron chi connectivity index (χ1n) is 9.33. The molecule has 0 unspecified atom stereocenters. The molecule has 0 atom stereocenters. The van der Waals surface area contributed by atoms with E-state index in [0.29, 0.717) is 11.1 Å². The van der Waals surface area contributed by atoms with E-state index < -0.39 is 18.5 Å². The Labute approximate surface area is 173 Å². The van der Waals surface area contributed by atoms with Crippen LogP contribution in [0.1, 0.15) is 15.9 Å². The Balaban J connectivity index is 1.54. The van der Waals surface area contributed by atoms with Crippen LogP contribution in [0.4, 0.5) is 5.69 Å². The Morgan fingerprint density at radius 3 is 2.43 bits per heavy atom. The molecule has 3 aromatic rings. The predicted octanol–water partition coefficient (Wildman–Crippen LogP) is 3.11. The maximum Gasteiger partial charge on any atom is 0.342 e. The number of likely N-dealkylation sites (N-methyl/N-ethyl adjacent to an activating group) is 1. The zero-order valence-electron chi connectivity index (χ0n) is 16.7. The summed E-state index contributed by atoms with van der Waals surface area (Å²) in [6, 6.07) is 17.5. The molecule has 0 aromatic heterocycles. The van der Waals surface area contributed by atoms with Gasteiger partial charge in [-0.15, -0.1) is 0 Å². The number of hydrogen-bond acceptors (Lipinski definition) is 5. The van der Waals surface area contributed by atoms with Gasteiger partial charge in [0.15, 0.2) is 6.61 Å². The molecule has 7 nitrogen and oxygen atoms in total. The van der Waals surface area contributed by atoms with Gasteiger partial charge in [-0.3, -0.25) is 9.59 Å². The van der Waals surface area contributed by atoms with Gasteiger partial charge in [0, 0.05) is 18.1 Å². The molecule has 0 radical (unpaired) electrons. The van der Waals surface area contributed by atoms with E-state index in [4.69, 9.17) is 4.74 Å². The SMILES string of the molecule is Cc1ccc(NC(=O)CN(C)C(=O)COC(=O)c2ccc3ccccc3c2O)cc1. The van der Waals surface area contributed by atoms with E-state index >= 15 is 0 Å². The van der Waals surface area contributed by atoms with Crippen molar-refractivity contribution < 1.29 is 24.2 Å². The van der Waals surface area contributed by atoms with Gasteiger partial charge in [-0.2, -0.15) is 0 Å². The molecule has 2 N–H and O–H groups in total. The van der Waals surface area contributed by atoms with E-state index in [2.05, 4.69) is 5.32 Å². The van der Waals surface area contributed by atoms with Crippen molar-refractivity contribution in [2.75, 3.05) is 25.5 Å². The summed E-state index contributed by atoms with van der Waals surface area (Å²) in [5.74, 6) is -1.92. The van der Waals surface area contributed by atoms with E-state index in [1.165, 1.54) is 13.1 Å². The predicted molar refractivity (Wildman–Crippen MR) is 113 cm³/mol. The van der Waals surface area contributed by atoms with E-state index in [0.717, 1.165) is 15.8 Å². The highest BCUT2D eigenvalue weighted by atomic mass is 16.5. The molecule has 0 spiro atoms. The summed E-state index contributed by atoms with van der Waals surface area (Å²) < 4.78 is 5.03. The number of hydrogen-bond donors (Lipinski definition) is 2. The number of ether oxygens (including phenoxy) is 1. The first kappa shape index (κ1) is 20.9. The minimum atomic E-state index is -0.816.